The lowest BCUT2D eigenvalue weighted by Gasteiger charge is -2.29. The summed E-state index contributed by atoms with van der Waals surface area (Å²) in [6, 6.07) is 6.54. The number of nitrogens with two attached hydrogens (primary N) is 1. The van der Waals surface area contributed by atoms with Gasteiger partial charge in [0, 0.05) is 5.02 Å². The number of amides is 1. The molecular weight excluding hydrogens is 342 g/mol. The van der Waals surface area contributed by atoms with Crippen LogP contribution < -0.4 is 10.2 Å². The monoisotopic (exact) mass is 365 g/mol. The first-order valence-electron chi connectivity index (χ1n) is 8.75. The molecule has 2 saturated heterocycles. The van der Waals surface area contributed by atoms with Crippen molar-refractivity contribution in [3.05, 3.63) is 34.9 Å². The number of Topliss-reactive ketones (excluding diaryl/α,β-unsaturated/α-hetero) is 2. The van der Waals surface area contributed by atoms with E-state index in [9.17, 15) is 14.4 Å². The third kappa shape index (κ3) is 3.61. The van der Waals surface area contributed by atoms with Crippen LogP contribution in [-0.2, 0) is 14.4 Å². The highest BCUT2D eigenvalue weighted by Crippen LogP contribution is 2.39. The minimum atomic E-state index is -0.961. The number of quaternary nitrogens is 2. The summed E-state index contributed by atoms with van der Waals surface area (Å²) in [6.45, 7) is 6.84. The Bertz CT molecular complexity index is 688. The van der Waals surface area contributed by atoms with Crippen LogP contribution in [0.3, 0.4) is 0 Å². The van der Waals surface area contributed by atoms with Crippen molar-refractivity contribution in [2.45, 2.75) is 13.0 Å². The van der Waals surface area contributed by atoms with Crippen LogP contribution in [0.15, 0.2) is 24.3 Å². The van der Waals surface area contributed by atoms with Gasteiger partial charge in [0.15, 0.2) is 0 Å². The first-order chi connectivity index (χ1) is 12.0. The molecule has 2 aliphatic rings. The summed E-state index contributed by atoms with van der Waals surface area (Å²) in [4.78, 5) is 40.1. The molecule has 0 spiro atoms. The number of halogens is 1. The van der Waals surface area contributed by atoms with E-state index in [-0.39, 0.29) is 5.78 Å². The summed E-state index contributed by atoms with van der Waals surface area (Å²) >= 11 is 6.31. The molecule has 1 aromatic rings. The quantitative estimate of drug-likeness (QED) is 0.490. The van der Waals surface area contributed by atoms with Gasteiger partial charge >= 0.3 is 0 Å². The highest BCUT2D eigenvalue weighted by molar-refractivity contribution is 6.43. The van der Waals surface area contributed by atoms with Gasteiger partial charge in [0.2, 0.25) is 5.78 Å². The van der Waals surface area contributed by atoms with Gasteiger partial charge in [-0.3, -0.25) is 14.4 Å². The second-order valence-electron chi connectivity index (χ2n) is 6.78. The molecule has 2 fully saturated rings. The van der Waals surface area contributed by atoms with Crippen LogP contribution >= 0.6 is 11.6 Å². The first kappa shape index (κ1) is 18.0. The predicted molar refractivity (Wildman–Crippen MR) is 92.3 cm³/mol. The van der Waals surface area contributed by atoms with E-state index < -0.39 is 23.7 Å². The molecule has 2 unspecified atom stereocenters. The Kier molecular flexibility index (Phi) is 5.51. The Hall–Kier alpha value is -1.76. The van der Waals surface area contributed by atoms with Crippen LogP contribution in [0.25, 0.3) is 0 Å². The van der Waals surface area contributed by atoms with Crippen molar-refractivity contribution in [3.63, 3.8) is 0 Å². The fraction of sp³-hybridized carbons (Fsp3) is 0.500. The number of nitrogens with zero attached hydrogens (tertiary/aromatic N) is 1. The van der Waals surface area contributed by atoms with E-state index >= 15 is 0 Å². The summed E-state index contributed by atoms with van der Waals surface area (Å²) in [5.41, 5.74) is 0.672. The number of carbonyl (C=O) groups excluding carboxylic acids is 3. The molecule has 25 heavy (non-hydrogen) atoms. The van der Waals surface area contributed by atoms with Crippen molar-refractivity contribution < 1.29 is 24.6 Å². The largest absolute Gasteiger partial charge is 0.337 e. The van der Waals surface area contributed by atoms with Crippen molar-refractivity contribution in [1.29, 1.82) is 0 Å². The Morgan fingerprint density at radius 2 is 1.96 bits per heavy atom. The van der Waals surface area contributed by atoms with Crippen LogP contribution in [0.1, 0.15) is 18.5 Å². The third-order valence-electron chi connectivity index (χ3n) is 5.18. The lowest BCUT2D eigenvalue weighted by molar-refractivity contribution is -0.946. The molecule has 3 N–H and O–H groups in total. The molecule has 6 nitrogen and oxygen atoms in total. The van der Waals surface area contributed by atoms with Gasteiger partial charge in [0.05, 0.1) is 19.1 Å². The summed E-state index contributed by atoms with van der Waals surface area (Å²) in [6.07, 6.45) is 0. The van der Waals surface area contributed by atoms with E-state index in [2.05, 4.69) is 5.32 Å². The van der Waals surface area contributed by atoms with E-state index in [1.54, 1.807) is 23.1 Å². The van der Waals surface area contributed by atoms with E-state index in [1.807, 2.05) is 6.07 Å². The van der Waals surface area contributed by atoms with Gasteiger partial charge < -0.3 is 15.1 Å². The van der Waals surface area contributed by atoms with Crippen molar-refractivity contribution in [2.75, 3.05) is 39.3 Å². The predicted octanol–water partition coefficient (Wildman–Crippen LogP) is -1.54. The Morgan fingerprint density at radius 1 is 1.28 bits per heavy atom. The second kappa shape index (κ2) is 7.64. The SMILES string of the molecule is CC(=O)C1C(=O)C(=O)N(CC[NH+]2CC[NH2+]CC2)C1c1ccccc1Cl. The first-order valence-corrected chi connectivity index (χ1v) is 9.13. The lowest BCUT2D eigenvalue weighted by atomic mass is 9.90. The van der Waals surface area contributed by atoms with Crippen molar-refractivity contribution in [3.8, 4) is 0 Å². The summed E-state index contributed by atoms with van der Waals surface area (Å²) in [5.74, 6) is -2.42. The number of likely N-dealkylation sites (tertiary alicyclic amines) is 1. The minimum Gasteiger partial charge on any atom is -0.337 e. The zero-order valence-corrected chi connectivity index (χ0v) is 15.1. The van der Waals surface area contributed by atoms with Crippen LogP contribution in [0, 0.1) is 5.92 Å². The smallest absolute Gasteiger partial charge is 0.291 e. The Morgan fingerprint density at radius 3 is 2.60 bits per heavy atom. The highest BCUT2D eigenvalue weighted by atomic mass is 35.5. The van der Waals surface area contributed by atoms with Crippen LogP contribution in [0.2, 0.25) is 5.02 Å². The molecule has 2 atom stereocenters. The summed E-state index contributed by atoms with van der Waals surface area (Å²) in [5, 5.41) is 2.76. The van der Waals surface area contributed by atoms with E-state index in [0.29, 0.717) is 17.1 Å². The standard InChI is InChI=1S/C18H22ClN3O3/c1-12(23)15-16(13-4-2-3-5-14(13)19)22(18(25)17(15)24)11-10-21-8-6-20-7-9-21/h2-5,15-16,20H,6-11H2,1H3/p+2. The number of hydrogen-bond donors (Lipinski definition) is 2. The summed E-state index contributed by atoms with van der Waals surface area (Å²) < 4.78 is 0. The Labute approximate surface area is 152 Å². The maximum Gasteiger partial charge on any atom is 0.291 e. The van der Waals surface area contributed by atoms with Crippen molar-refractivity contribution in [2.24, 2.45) is 5.92 Å². The van der Waals surface area contributed by atoms with Crippen LogP contribution in [0.4, 0.5) is 0 Å². The van der Waals surface area contributed by atoms with Gasteiger partial charge in [-0.15, -0.1) is 0 Å². The molecule has 0 bridgehead atoms. The van der Waals surface area contributed by atoms with Gasteiger partial charge in [0.25, 0.3) is 5.91 Å². The topological polar surface area (TPSA) is 75.5 Å². The average molecular weight is 366 g/mol. The van der Waals surface area contributed by atoms with Crippen molar-refractivity contribution >= 4 is 29.1 Å². The summed E-state index contributed by atoms with van der Waals surface area (Å²) in [7, 11) is 0. The zero-order valence-electron chi connectivity index (χ0n) is 14.3. The molecule has 134 valence electrons. The maximum atomic E-state index is 12.6. The molecule has 1 aromatic carbocycles. The molecular formula is C18H24ClN3O3+2. The molecule has 0 aliphatic carbocycles. The van der Waals surface area contributed by atoms with E-state index in [4.69, 9.17) is 11.6 Å². The molecule has 0 aromatic heterocycles. The number of ketones is 2. The fourth-order valence-corrected chi connectivity index (χ4v) is 4.09. The van der Waals surface area contributed by atoms with Crippen molar-refractivity contribution in [1.82, 2.24) is 4.90 Å². The third-order valence-corrected chi connectivity index (χ3v) is 5.52. The fourth-order valence-electron chi connectivity index (χ4n) is 3.84. The molecule has 2 aliphatic heterocycles. The number of rotatable bonds is 5. The molecule has 1 amide bonds. The second-order valence-corrected chi connectivity index (χ2v) is 7.19. The van der Waals surface area contributed by atoms with Gasteiger partial charge in [-0.05, 0) is 18.6 Å². The Balaban J connectivity index is 1.87. The average Bonchev–Trinajstić information content (AvgIpc) is 2.85. The van der Waals surface area contributed by atoms with Gasteiger partial charge in [-0.2, -0.15) is 0 Å². The molecule has 0 radical (unpaired) electrons. The number of piperazine rings is 1. The van der Waals surface area contributed by atoms with E-state index in [1.165, 1.54) is 11.8 Å². The van der Waals surface area contributed by atoms with Crippen LogP contribution in [0.5, 0.6) is 0 Å². The normalized spacial score (nSPS) is 24.8. The molecule has 7 heteroatoms. The molecule has 0 saturated carbocycles. The zero-order chi connectivity index (χ0) is 18.0. The van der Waals surface area contributed by atoms with Gasteiger partial charge in [0.1, 0.15) is 37.9 Å². The molecule has 3 rings (SSSR count). The molecule has 2 heterocycles. The van der Waals surface area contributed by atoms with Gasteiger partial charge in [-0.1, -0.05) is 29.8 Å². The highest BCUT2D eigenvalue weighted by Gasteiger charge is 2.50. The number of nitrogens with one attached hydrogen (secondary N) is 1. The maximum absolute atomic E-state index is 12.6. The lowest BCUT2D eigenvalue weighted by Crippen LogP contribution is -3.20. The van der Waals surface area contributed by atoms with E-state index in [0.717, 1.165) is 32.7 Å². The minimum absolute atomic E-state index is 0.286. The van der Waals surface area contributed by atoms with Gasteiger partial charge in [-0.25, -0.2) is 0 Å². The number of hydrogen-bond acceptors (Lipinski definition) is 3. The number of benzene rings is 1. The number of carbonyl (C=O) groups is 3. The van der Waals surface area contributed by atoms with Crippen LogP contribution in [-0.4, -0.2) is 61.6 Å².